The molecule has 0 saturated carbocycles. The number of aliphatic hydroxyl groups is 1. The quantitative estimate of drug-likeness (QED) is 0.473. The van der Waals surface area contributed by atoms with Gasteiger partial charge in [0.25, 0.3) is 0 Å². The monoisotopic (exact) mass is 531 g/mol. The number of likely N-dealkylation sites (tertiary alicyclic amines) is 1. The Morgan fingerprint density at radius 1 is 1.24 bits per heavy atom. The fraction of sp³-hybridized carbons (Fsp3) is 0.429. The Labute approximate surface area is 220 Å². The maximum Gasteiger partial charge on any atom is 0.420 e. The summed E-state index contributed by atoms with van der Waals surface area (Å²) in [6.45, 7) is 5.86. The number of hydrogen-bond acceptors (Lipinski definition) is 6. The summed E-state index contributed by atoms with van der Waals surface area (Å²) >= 11 is 0. The molecule has 1 unspecified atom stereocenters. The lowest BCUT2D eigenvalue weighted by Crippen LogP contribution is -2.44. The van der Waals surface area contributed by atoms with E-state index >= 15 is 0 Å². The fourth-order valence-corrected chi connectivity index (χ4v) is 4.14. The van der Waals surface area contributed by atoms with Gasteiger partial charge in [0.1, 0.15) is 23.0 Å². The molecule has 1 amide bonds. The molecular weight excluding hydrogens is 499 g/mol. The van der Waals surface area contributed by atoms with Crippen molar-refractivity contribution < 1.29 is 32.5 Å². The van der Waals surface area contributed by atoms with Crippen molar-refractivity contribution >= 4 is 17.9 Å². The van der Waals surface area contributed by atoms with E-state index in [2.05, 4.69) is 0 Å². The number of benzene rings is 2. The van der Waals surface area contributed by atoms with Gasteiger partial charge in [0.15, 0.2) is 0 Å². The molecule has 1 aliphatic heterocycles. The summed E-state index contributed by atoms with van der Waals surface area (Å²) in [5, 5.41) is 19.5. The zero-order valence-electron chi connectivity index (χ0n) is 21.6. The molecule has 1 aliphatic rings. The van der Waals surface area contributed by atoms with Gasteiger partial charge in [-0.3, -0.25) is 0 Å². The molecule has 3 N–H and O–H groups in total. The number of nitrogens with two attached hydrogens (primary N) is 1. The molecular formula is C28H32F3N3O4. The van der Waals surface area contributed by atoms with Crippen molar-refractivity contribution in [3.05, 3.63) is 64.7 Å². The molecule has 204 valence electrons. The van der Waals surface area contributed by atoms with E-state index < -0.39 is 35.6 Å². The molecule has 0 aliphatic carbocycles. The Morgan fingerprint density at radius 3 is 2.53 bits per heavy atom. The summed E-state index contributed by atoms with van der Waals surface area (Å²) in [4.78, 5) is 13.8. The van der Waals surface area contributed by atoms with E-state index in [0.717, 1.165) is 0 Å². The lowest BCUT2D eigenvalue weighted by molar-refractivity contribution is -0.140. The van der Waals surface area contributed by atoms with Crippen molar-refractivity contribution in [2.24, 2.45) is 0 Å². The van der Waals surface area contributed by atoms with E-state index in [-0.39, 0.29) is 23.4 Å². The Bertz CT molecular complexity index is 1210. The van der Waals surface area contributed by atoms with Crippen molar-refractivity contribution in [2.75, 3.05) is 18.8 Å². The topological polar surface area (TPSA) is 109 Å². The largest absolute Gasteiger partial charge is 0.490 e. The summed E-state index contributed by atoms with van der Waals surface area (Å²) in [6, 6.07) is 11.1. The van der Waals surface area contributed by atoms with Crippen LogP contribution in [-0.2, 0) is 17.3 Å². The van der Waals surface area contributed by atoms with Gasteiger partial charge in [0.05, 0.1) is 17.7 Å². The first-order chi connectivity index (χ1) is 17.8. The normalized spacial score (nSPS) is 15.8. The van der Waals surface area contributed by atoms with E-state index in [1.807, 2.05) is 6.07 Å². The second kappa shape index (κ2) is 11.8. The first kappa shape index (κ1) is 28.9. The van der Waals surface area contributed by atoms with Gasteiger partial charge in [-0.1, -0.05) is 24.3 Å². The number of rotatable bonds is 6. The van der Waals surface area contributed by atoms with Gasteiger partial charge in [0, 0.05) is 38.0 Å². The third-order valence-electron chi connectivity index (χ3n) is 5.92. The van der Waals surface area contributed by atoms with Gasteiger partial charge >= 0.3 is 12.3 Å². The summed E-state index contributed by atoms with van der Waals surface area (Å²) < 4.78 is 53.8. The fourth-order valence-electron chi connectivity index (χ4n) is 4.14. The summed E-state index contributed by atoms with van der Waals surface area (Å²) in [5.41, 5.74) is 4.94. The highest BCUT2D eigenvalue weighted by atomic mass is 19.4. The smallest absolute Gasteiger partial charge is 0.420 e. The van der Waals surface area contributed by atoms with Crippen LogP contribution in [0, 0.1) is 11.3 Å². The SMILES string of the molecule is CC(C)(C)OC(=O)N1CCC(Oc2ccc(N)c(CC(O)/C=C/c3cccc(C#N)c3)c2C(F)(F)F)CC1. The second-order valence-corrected chi connectivity index (χ2v) is 10.2. The number of nitrogen functional groups attached to an aromatic ring is 1. The minimum atomic E-state index is -4.78. The highest BCUT2D eigenvalue weighted by Gasteiger charge is 2.39. The number of anilines is 1. The van der Waals surface area contributed by atoms with E-state index in [1.165, 1.54) is 29.2 Å². The van der Waals surface area contributed by atoms with E-state index in [0.29, 0.717) is 37.1 Å². The summed E-state index contributed by atoms with van der Waals surface area (Å²) in [5.74, 6) is -0.365. The van der Waals surface area contributed by atoms with Crippen LogP contribution in [0.15, 0.2) is 42.5 Å². The molecule has 3 rings (SSSR count). The summed E-state index contributed by atoms with van der Waals surface area (Å²) in [7, 11) is 0. The zero-order chi connectivity index (χ0) is 28.1. The van der Waals surface area contributed by atoms with E-state index in [9.17, 15) is 23.1 Å². The average molecular weight is 532 g/mol. The van der Waals surface area contributed by atoms with E-state index in [1.54, 1.807) is 45.0 Å². The number of amides is 1. The minimum absolute atomic E-state index is 0.108. The van der Waals surface area contributed by atoms with Gasteiger partial charge in [-0.05, 0) is 56.2 Å². The van der Waals surface area contributed by atoms with Crippen molar-refractivity contribution in [3.63, 3.8) is 0 Å². The van der Waals surface area contributed by atoms with Crippen LogP contribution in [0.4, 0.5) is 23.7 Å². The Hall–Kier alpha value is -3.71. The van der Waals surface area contributed by atoms with Crippen LogP contribution in [0.1, 0.15) is 55.9 Å². The van der Waals surface area contributed by atoms with Gasteiger partial charge in [-0.15, -0.1) is 0 Å². The number of halogens is 3. The second-order valence-electron chi connectivity index (χ2n) is 10.2. The van der Waals surface area contributed by atoms with Crippen LogP contribution in [0.25, 0.3) is 6.08 Å². The van der Waals surface area contributed by atoms with Crippen molar-refractivity contribution in [2.45, 2.75) is 64.0 Å². The first-order valence-corrected chi connectivity index (χ1v) is 12.3. The Balaban J connectivity index is 1.75. The number of carbonyl (C=O) groups excluding carboxylic acids is 1. The third kappa shape index (κ3) is 7.89. The van der Waals surface area contributed by atoms with Crippen molar-refractivity contribution in [3.8, 4) is 11.8 Å². The molecule has 38 heavy (non-hydrogen) atoms. The minimum Gasteiger partial charge on any atom is -0.490 e. The number of alkyl halides is 3. The van der Waals surface area contributed by atoms with Crippen LogP contribution < -0.4 is 10.5 Å². The van der Waals surface area contributed by atoms with Crippen LogP contribution in [-0.4, -0.2) is 47.0 Å². The molecule has 0 radical (unpaired) electrons. The van der Waals surface area contributed by atoms with Gasteiger partial charge < -0.3 is 25.2 Å². The molecule has 10 heteroatoms. The zero-order valence-corrected chi connectivity index (χ0v) is 21.6. The van der Waals surface area contributed by atoms with Crippen LogP contribution in [0.3, 0.4) is 0 Å². The summed E-state index contributed by atoms with van der Waals surface area (Å²) in [6.07, 6.45) is -3.87. The molecule has 1 saturated heterocycles. The number of aliphatic hydroxyl groups excluding tert-OH is 1. The number of piperidine rings is 1. The molecule has 0 aromatic heterocycles. The number of nitriles is 1. The van der Waals surface area contributed by atoms with Crippen LogP contribution in [0.5, 0.6) is 5.75 Å². The maximum absolute atomic E-state index is 14.2. The van der Waals surface area contributed by atoms with Gasteiger partial charge in [-0.2, -0.15) is 18.4 Å². The van der Waals surface area contributed by atoms with Crippen LogP contribution in [0.2, 0.25) is 0 Å². The Kier molecular flexibility index (Phi) is 8.94. The number of hydrogen-bond donors (Lipinski definition) is 2. The third-order valence-corrected chi connectivity index (χ3v) is 5.92. The molecule has 1 heterocycles. The molecule has 2 aromatic rings. The molecule has 0 bridgehead atoms. The number of ether oxygens (including phenoxy) is 2. The molecule has 7 nitrogen and oxygen atoms in total. The van der Waals surface area contributed by atoms with E-state index in [4.69, 9.17) is 20.5 Å². The average Bonchev–Trinajstić information content (AvgIpc) is 2.83. The predicted octanol–water partition coefficient (Wildman–Crippen LogP) is 5.55. The molecule has 1 fully saturated rings. The predicted molar refractivity (Wildman–Crippen MR) is 137 cm³/mol. The van der Waals surface area contributed by atoms with Crippen LogP contribution >= 0.6 is 0 Å². The standard InChI is InChI=1S/C28H32F3N3O4/c1-27(2,3)38-26(36)34-13-11-21(12-14-34)37-24-10-9-23(33)22(25(24)28(29,30)31)16-20(35)8-7-18-5-4-6-19(15-18)17-32/h4-10,15,20-21,35H,11-14,16,33H2,1-3H3/b8-7+. The highest BCUT2D eigenvalue weighted by molar-refractivity contribution is 5.68. The van der Waals surface area contributed by atoms with Gasteiger partial charge in [-0.25, -0.2) is 4.79 Å². The Morgan fingerprint density at radius 2 is 1.92 bits per heavy atom. The molecule has 1 atom stereocenters. The lowest BCUT2D eigenvalue weighted by Gasteiger charge is -2.34. The maximum atomic E-state index is 14.2. The first-order valence-electron chi connectivity index (χ1n) is 12.3. The van der Waals surface area contributed by atoms with Crippen molar-refractivity contribution in [1.29, 1.82) is 5.26 Å². The van der Waals surface area contributed by atoms with Crippen molar-refractivity contribution in [1.82, 2.24) is 4.90 Å². The molecule has 0 spiro atoms. The highest BCUT2D eigenvalue weighted by Crippen LogP contribution is 2.42. The molecule has 2 aromatic carbocycles. The number of nitrogens with zero attached hydrogens (tertiary/aromatic N) is 2. The number of carbonyl (C=O) groups is 1. The lowest BCUT2D eigenvalue weighted by atomic mass is 9.97. The van der Waals surface area contributed by atoms with Gasteiger partial charge in [0.2, 0.25) is 0 Å².